The minimum Gasteiger partial charge on any atom is -0.394 e. The number of benzene rings is 1. The monoisotopic (exact) mass is 320 g/mol. The average molecular weight is 320 g/mol. The molecule has 0 spiro atoms. The zero-order valence-corrected chi connectivity index (χ0v) is 14.3. The Hall–Kier alpha value is -1.88. The summed E-state index contributed by atoms with van der Waals surface area (Å²) >= 11 is 0. The quantitative estimate of drug-likeness (QED) is 0.652. The van der Waals surface area contributed by atoms with Crippen LogP contribution in [0.1, 0.15) is 50.4 Å². The van der Waals surface area contributed by atoms with Crippen molar-refractivity contribution in [2.45, 2.75) is 45.6 Å². The van der Waals surface area contributed by atoms with Gasteiger partial charge in [0, 0.05) is 18.5 Å². The molecule has 0 heterocycles. The molecule has 1 unspecified atom stereocenters. The van der Waals surface area contributed by atoms with Gasteiger partial charge in [0.25, 0.3) is 5.91 Å². The fourth-order valence-electron chi connectivity index (χ4n) is 2.28. The van der Waals surface area contributed by atoms with E-state index in [2.05, 4.69) is 24.5 Å². The highest BCUT2D eigenvalue weighted by Crippen LogP contribution is 2.12. The highest BCUT2D eigenvalue weighted by atomic mass is 16.3. The van der Waals surface area contributed by atoms with Gasteiger partial charge in [-0.1, -0.05) is 44.9 Å². The van der Waals surface area contributed by atoms with Crippen LogP contribution in [0, 0.1) is 5.92 Å². The maximum Gasteiger partial charge on any atom is 0.251 e. The van der Waals surface area contributed by atoms with Gasteiger partial charge < -0.3 is 15.7 Å². The second-order valence-corrected chi connectivity index (χ2v) is 6.20. The lowest BCUT2D eigenvalue weighted by Crippen LogP contribution is -2.56. The summed E-state index contributed by atoms with van der Waals surface area (Å²) in [6.45, 7) is 5.79. The Morgan fingerprint density at radius 3 is 2.30 bits per heavy atom. The molecular formula is C18H28N2O3. The van der Waals surface area contributed by atoms with Crippen LogP contribution in [0.4, 0.5) is 0 Å². The van der Waals surface area contributed by atoms with Crippen LogP contribution in [-0.2, 0) is 4.79 Å². The molecular weight excluding hydrogens is 292 g/mol. The molecule has 2 amide bonds. The topological polar surface area (TPSA) is 78.4 Å². The molecule has 0 saturated carbocycles. The van der Waals surface area contributed by atoms with Crippen molar-refractivity contribution in [1.29, 1.82) is 0 Å². The van der Waals surface area contributed by atoms with Gasteiger partial charge in [-0.3, -0.25) is 9.59 Å². The number of aliphatic hydroxyl groups is 1. The Bertz CT molecular complexity index is 500. The van der Waals surface area contributed by atoms with Crippen LogP contribution in [0.5, 0.6) is 0 Å². The molecule has 3 N–H and O–H groups in total. The highest BCUT2D eigenvalue weighted by molar-refractivity contribution is 5.94. The molecule has 0 aliphatic rings. The van der Waals surface area contributed by atoms with Crippen molar-refractivity contribution in [1.82, 2.24) is 10.6 Å². The third-order valence-electron chi connectivity index (χ3n) is 4.10. The van der Waals surface area contributed by atoms with Crippen molar-refractivity contribution in [3.05, 3.63) is 35.9 Å². The molecule has 0 aromatic heterocycles. The van der Waals surface area contributed by atoms with Crippen molar-refractivity contribution in [2.24, 2.45) is 5.92 Å². The van der Waals surface area contributed by atoms with E-state index >= 15 is 0 Å². The molecule has 0 bridgehead atoms. The van der Waals surface area contributed by atoms with Gasteiger partial charge in [0.1, 0.15) is 0 Å². The predicted octanol–water partition coefficient (Wildman–Crippen LogP) is 2.11. The summed E-state index contributed by atoms with van der Waals surface area (Å²) in [5.41, 5.74) is -0.369. The molecule has 0 fully saturated rings. The normalized spacial score (nSPS) is 13.4. The Balaban J connectivity index is 2.57. The molecule has 5 nitrogen and oxygen atoms in total. The highest BCUT2D eigenvalue weighted by Gasteiger charge is 2.27. The van der Waals surface area contributed by atoms with Crippen molar-refractivity contribution in [3.63, 3.8) is 0 Å². The lowest BCUT2D eigenvalue weighted by atomic mass is 9.98. The molecule has 5 heteroatoms. The second-order valence-electron chi connectivity index (χ2n) is 6.20. The van der Waals surface area contributed by atoms with Crippen LogP contribution in [-0.4, -0.2) is 35.6 Å². The second kappa shape index (κ2) is 9.30. The van der Waals surface area contributed by atoms with Gasteiger partial charge >= 0.3 is 0 Å². The summed E-state index contributed by atoms with van der Waals surface area (Å²) in [7, 11) is 0. The molecule has 1 atom stereocenters. The number of carbonyl (C=O) groups is 2. The Kier molecular flexibility index (Phi) is 7.75. The smallest absolute Gasteiger partial charge is 0.251 e. The summed E-state index contributed by atoms with van der Waals surface area (Å²) < 4.78 is 0. The molecule has 0 saturated heterocycles. The molecule has 1 rings (SSSR count). The summed E-state index contributed by atoms with van der Waals surface area (Å²) in [6, 6.07) is 8.81. The van der Waals surface area contributed by atoms with Crippen molar-refractivity contribution in [2.75, 3.05) is 13.2 Å². The first-order chi connectivity index (χ1) is 10.9. The van der Waals surface area contributed by atoms with Crippen molar-refractivity contribution in [3.8, 4) is 0 Å². The molecule has 23 heavy (non-hydrogen) atoms. The van der Waals surface area contributed by atoms with Crippen LogP contribution in [0.2, 0.25) is 0 Å². The average Bonchev–Trinajstić information content (AvgIpc) is 2.58. The number of hydrogen-bond acceptors (Lipinski definition) is 3. The Labute approximate surface area is 138 Å². The number of aliphatic hydroxyl groups excluding tert-OH is 1. The maximum absolute atomic E-state index is 12.2. The van der Waals surface area contributed by atoms with Gasteiger partial charge in [-0.05, 0) is 25.0 Å². The molecule has 1 aromatic rings. The fraction of sp³-hybridized carbons (Fsp3) is 0.556. The van der Waals surface area contributed by atoms with E-state index in [0.29, 0.717) is 17.9 Å². The van der Waals surface area contributed by atoms with Crippen LogP contribution in [0.3, 0.4) is 0 Å². The first-order valence-electron chi connectivity index (χ1n) is 8.19. The van der Waals surface area contributed by atoms with Crippen LogP contribution < -0.4 is 10.6 Å². The third-order valence-corrected chi connectivity index (χ3v) is 4.10. The fourth-order valence-corrected chi connectivity index (χ4v) is 2.28. The van der Waals surface area contributed by atoms with Crippen LogP contribution in [0.15, 0.2) is 30.3 Å². The van der Waals surface area contributed by atoms with Gasteiger partial charge in [0.05, 0.1) is 12.1 Å². The minimum atomic E-state index is -0.892. The van der Waals surface area contributed by atoms with E-state index < -0.39 is 5.54 Å². The number of rotatable bonds is 9. The number of hydrogen-bond donors (Lipinski definition) is 3. The van der Waals surface area contributed by atoms with E-state index in [4.69, 9.17) is 0 Å². The van der Waals surface area contributed by atoms with E-state index in [1.54, 1.807) is 31.2 Å². The van der Waals surface area contributed by atoms with Crippen LogP contribution in [0.25, 0.3) is 0 Å². The van der Waals surface area contributed by atoms with Gasteiger partial charge in [0.2, 0.25) is 5.91 Å². The van der Waals surface area contributed by atoms with E-state index in [1.165, 1.54) is 0 Å². The number of amides is 2. The SMILES string of the molecule is CCC(CC)CC(=O)NCC(C)(CO)NC(=O)c1ccccc1. The van der Waals surface area contributed by atoms with E-state index in [0.717, 1.165) is 12.8 Å². The van der Waals surface area contributed by atoms with Crippen molar-refractivity contribution < 1.29 is 14.7 Å². The molecule has 128 valence electrons. The maximum atomic E-state index is 12.2. The zero-order chi connectivity index (χ0) is 17.3. The van der Waals surface area contributed by atoms with Gasteiger partial charge in [-0.2, -0.15) is 0 Å². The first kappa shape index (κ1) is 19.2. The third kappa shape index (κ3) is 6.40. The largest absolute Gasteiger partial charge is 0.394 e. The number of carbonyl (C=O) groups excluding carboxylic acids is 2. The van der Waals surface area contributed by atoms with Gasteiger partial charge in [-0.15, -0.1) is 0 Å². The number of nitrogens with one attached hydrogen (secondary N) is 2. The molecule has 1 aromatic carbocycles. The molecule has 0 aliphatic carbocycles. The molecule has 0 radical (unpaired) electrons. The predicted molar refractivity (Wildman–Crippen MR) is 91.1 cm³/mol. The van der Waals surface area contributed by atoms with E-state index in [1.807, 2.05) is 6.07 Å². The summed E-state index contributed by atoms with van der Waals surface area (Å²) in [6.07, 6.45) is 2.40. The summed E-state index contributed by atoms with van der Waals surface area (Å²) in [5, 5.41) is 15.2. The van der Waals surface area contributed by atoms with Gasteiger partial charge in [0.15, 0.2) is 0 Å². The first-order valence-corrected chi connectivity index (χ1v) is 8.19. The standard InChI is InChI=1S/C18H28N2O3/c1-4-14(5-2)11-16(22)19-12-18(3,13-21)20-17(23)15-9-7-6-8-10-15/h6-10,14,21H,4-5,11-13H2,1-3H3,(H,19,22)(H,20,23). The summed E-state index contributed by atoms with van der Waals surface area (Å²) in [4.78, 5) is 24.2. The van der Waals surface area contributed by atoms with E-state index in [9.17, 15) is 14.7 Å². The Morgan fingerprint density at radius 2 is 1.78 bits per heavy atom. The van der Waals surface area contributed by atoms with Crippen LogP contribution >= 0.6 is 0 Å². The Morgan fingerprint density at radius 1 is 1.17 bits per heavy atom. The lowest BCUT2D eigenvalue weighted by Gasteiger charge is -2.29. The minimum absolute atomic E-state index is 0.0488. The van der Waals surface area contributed by atoms with Crippen molar-refractivity contribution >= 4 is 11.8 Å². The summed E-state index contributed by atoms with van der Waals surface area (Å²) in [5.74, 6) is 0.0537. The zero-order valence-electron chi connectivity index (χ0n) is 14.3. The lowest BCUT2D eigenvalue weighted by molar-refractivity contribution is -0.122. The van der Waals surface area contributed by atoms with E-state index in [-0.39, 0.29) is 25.0 Å². The molecule has 0 aliphatic heterocycles. The van der Waals surface area contributed by atoms with Gasteiger partial charge in [-0.25, -0.2) is 0 Å².